The lowest BCUT2D eigenvalue weighted by Crippen LogP contribution is -2.30. The van der Waals surface area contributed by atoms with Gasteiger partial charge in [-0.3, -0.25) is 14.4 Å². The van der Waals surface area contributed by atoms with Gasteiger partial charge in [-0.25, -0.2) is 0 Å². The Morgan fingerprint density at radius 1 is 0.280 bits per heavy atom. The van der Waals surface area contributed by atoms with Crippen LogP contribution in [0.4, 0.5) is 0 Å². The highest BCUT2D eigenvalue weighted by molar-refractivity contribution is 5.71. The van der Waals surface area contributed by atoms with Gasteiger partial charge in [0, 0.05) is 19.3 Å². The van der Waals surface area contributed by atoms with Gasteiger partial charge in [-0.1, -0.05) is 291 Å². The predicted octanol–water partition coefficient (Wildman–Crippen LogP) is 21.7. The molecular formula is C69H118O6. The smallest absolute Gasteiger partial charge is 0.306 e. The molecule has 0 radical (unpaired) electrons. The van der Waals surface area contributed by atoms with E-state index in [1.807, 2.05) is 6.08 Å². The standard InChI is InChI=1S/C69H118O6/c1-4-7-10-13-16-19-22-25-28-31-33-34-36-39-42-45-48-51-54-57-60-63-69(72)75-66(64-73-67(70)61-58-55-52-49-46-43-40-37-30-27-24-21-18-15-12-9-6-3)65-74-68(71)62-59-56-53-50-47-44-41-38-35-32-29-26-23-20-17-14-11-8-5-2/h8,11,17-18,20-21,26-27,29-30,35,38,44,47,53,56,66H,4-7,9-10,12-16,19,22-25,28,31-34,36-37,39-43,45-46,48-52,54-55,57-65H2,1-3H3/b11-8-,20-17-,21-18-,29-26-,30-27-,38-35-,47-44-,56-53-/t66-/m0/s1. The minimum Gasteiger partial charge on any atom is -0.462 e. The largest absolute Gasteiger partial charge is 0.462 e. The molecule has 6 heteroatoms. The van der Waals surface area contributed by atoms with Gasteiger partial charge in [0.25, 0.3) is 0 Å². The van der Waals surface area contributed by atoms with E-state index in [0.717, 1.165) is 89.9 Å². The molecule has 0 aromatic rings. The van der Waals surface area contributed by atoms with E-state index in [9.17, 15) is 14.4 Å². The van der Waals surface area contributed by atoms with E-state index >= 15 is 0 Å². The van der Waals surface area contributed by atoms with E-state index in [-0.39, 0.29) is 37.5 Å². The van der Waals surface area contributed by atoms with E-state index < -0.39 is 6.10 Å². The van der Waals surface area contributed by atoms with Gasteiger partial charge in [0.05, 0.1) is 0 Å². The van der Waals surface area contributed by atoms with E-state index in [4.69, 9.17) is 14.2 Å². The van der Waals surface area contributed by atoms with E-state index in [1.165, 1.54) is 167 Å². The van der Waals surface area contributed by atoms with Crippen LogP contribution in [0.5, 0.6) is 0 Å². The number of esters is 3. The molecule has 0 aliphatic carbocycles. The summed E-state index contributed by atoms with van der Waals surface area (Å²) < 4.78 is 16.9. The summed E-state index contributed by atoms with van der Waals surface area (Å²) in [6, 6.07) is 0. The molecule has 0 unspecified atom stereocenters. The zero-order chi connectivity index (χ0) is 54.3. The molecule has 75 heavy (non-hydrogen) atoms. The number of hydrogen-bond donors (Lipinski definition) is 0. The minimum atomic E-state index is -0.812. The lowest BCUT2D eigenvalue weighted by atomic mass is 10.0. The summed E-state index contributed by atoms with van der Waals surface area (Å²) in [6.45, 7) is 6.46. The molecule has 1 atom stereocenters. The van der Waals surface area contributed by atoms with Crippen LogP contribution in [0, 0.1) is 0 Å². The number of rotatable bonds is 57. The molecule has 0 fully saturated rings. The minimum absolute atomic E-state index is 0.103. The lowest BCUT2D eigenvalue weighted by molar-refractivity contribution is -0.166. The van der Waals surface area contributed by atoms with E-state index in [1.54, 1.807) is 0 Å². The number of carbonyl (C=O) groups is 3. The van der Waals surface area contributed by atoms with Crippen LogP contribution >= 0.6 is 0 Å². The van der Waals surface area contributed by atoms with Crippen LogP contribution in [-0.4, -0.2) is 37.2 Å². The summed E-state index contributed by atoms with van der Waals surface area (Å²) in [5.41, 5.74) is 0. The topological polar surface area (TPSA) is 78.9 Å². The maximum atomic E-state index is 12.9. The van der Waals surface area contributed by atoms with Crippen molar-refractivity contribution in [3.05, 3.63) is 97.2 Å². The Bertz CT molecular complexity index is 1480. The highest BCUT2D eigenvalue weighted by atomic mass is 16.6. The number of unbranched alkanes of at least 4 members (excludes halogenated alkanes) is 30. The van der Waals surface area contributed by atoms with Crippen molar-refractivity contribution in [3.8, 4) is 0 Å². The Morgan fingerprint density at radius 3 is 0.920 bits per heavy atom. The van der Waals surface area contributed by atoms with Crippen molar-refractivity contribution in [2.24, 2.45) is 0 Å². The van der Waals surface area contributed by atoms with Gasteiger partial charge < -0.3 is 14.2 Å². The van der Waals surface area contributed by atoms with Crippen molar-refractivity contribution in [3.63, 3.8) is 0 Å². The molecule has 0 aromatic heterocycles. The zero-order valence-electron chi connectivity index (χ0n) is 49.3. The van der Waals surface area contributed by atoms with Gasteiger partial charge in [0.15, 0.2) is 6.10 Å². The van der Waals surface area contributed by atoms with Crippen LogP contribution in [0.1, 0.15) is 303 Å². The summed E-state index contributed by atoms with van der Waals surface area (Å²) in [6.07, 6.45) is 84.2. The molecule has 430 valence electrons. The second-order valence-electron chi connectivity index (χ2n) is 20.9. The van der Waals surface area contributed by atoms with Gasteiger partial charge >= 0.3 is 17.9 Å². The van der Waals surface area contributed by atoms with Crippen LogP contribution in [0.15, 0.2) is 97.2 Å². The predicted molar refractivity (Wildman–Crippen MR) is 325 cm³/mol. The van der Waals surface area contributed by atoms with Crippen LogP contribution in [-0.2, 0) is 28.6 Å². The van der Waals surface area contributed by atoms with Crippen molar-refractivity contribution in [2.45, 2.75) is 309 Å². The third kappa shape index (κ3) is 61.1. The average Bonchev–Trinajstić information content (AvgIpc) is 3.41. The molecule has 0 bridgehead atoms. The van der Waals surface area contributed by atoms with Gasteiger partial charge in [0.2, 0.25) is 0 Å². The van der Waals surface area contributed by atoms with E-state index in [0.29, 0.717) is 19.3 Å². The number of hydrogen-bond acceptors (Lipinski definition) is 6. The molecular weight excluding hydrogens is 925 g/mol. The highest BCUT2D eigenvalue weighted by Gasteiger charge is 2.19. The summed E-state index contributed by atoms with van der Waals surface area (Å²) in [5.74, 6) is -0.986. The molecule has 0 saturated heterocycles. The molecule has 0 saturated carbocycles. The third-order valence-corrected chi connectivity index (χ3v) is 13.6. The summed E-state index contributed by atoms with van der Waals surface area (Å²) in [5, 5.41) is 0. The molecule has 0 aliphatic heterocycles. The number of allylic oxidation sites excluding steroid dienone is 16. The number of ether oxygens (including phenoxy) is 3. The Kier molecular flexibility index (Phi) is 59.8. The molecule has 0 heterocycles. The average molecular weight is 1040 g/mol. The molecule has 6 nitrogen and oxygen atoms in total. The first-order valence-corrected chi connectivity index (χ1v) is 31.7. The maximum Gasteiger partial charge on any atom is 0.306 e. The molecule has 0 amide bonds. The number of carbonyl (C=O) groups excluding carboxylic acids is 3. The van der Waals surface area contributed by atoms with Crippen LogP contribution in [0.25, 0.3) is 0 Å². The van der Waals surface area contributed by atoms with Gasteiger partial charge in [-0.2, -0.15) is 0 Å². The first kappa shape index (κ1) is 71.3. The Morgan fingerprint density at radius 2 is 0.547 bits per heavy atom. The zero-order valence-corrected chi connectivity index (χ0v) is 49.3. The fourth-order valence-electron chi connectivity index (χ4n) is 8.85. The van der Waals surface area contributed by atoms with Crippen molar-refractivity contribution >= 4 is 17.9 Å². The van der Waals surface area contributed by atoms with Gasteiger partial charge in [-0.15, -0.1) is 0 Å². The van der Waals surface area contributed by atoms with Crippen LogP contribution in [0.3, 0.4) is 0 Å². The third-order valence-electron chi connectivity index (χ3n) is 13.6. The maximum absolute atomic E-state index is 12.9. The first-order valence-electron chi connectivity index (χ1n) is 31.7. The summed E-state index contributed by atoms with van der Waals surface area (Å²) >= 11 is 0. The second-order valence-corrected chi connectivity index (χ2v) is 20.9. The Balaban J connectivity index is 4.47. The van der Waals surface area contributed by atoms with Gasteiger partial charge in [-0.05, 0) is 89.9 Å². The molecule has 0 aromatic carbocycles. The first-order chi connectivity index (χ1) is 37.0. The summed E-state index contributed by atoms with van der Waals surface area (Å²) in [4.78, 5) is 38.3. The van der Waals surface area contributed by atoms with Crippen molar-refractivity contribution in [1.29, 1.82) is 0 Å². The second kappa shape index (κ2) is 62.9. The highest BCUT2D eigenvalue weighted by Crippen LogP contribution is 2.17. The fraction of sp³-hybridized carbons (Fsp3) is 0.725. The normalized spacial score (nSPS) is 12.7. The quantitative estimate of drug-likeness (QED) is 0.0261. The van der Waals surface area contributed by atoms with Crippen molar-refractivity contribution in [1.82, 2.24) is 0 Å². The van der Waals surface area contributed by atoms with Crippen LogP contribution < -0.4 is 0 Å². The van der Waals surface area contributed by atoms with Crippen LogP contribution in [0.2, 0.25) is 0 Å². The molecule has 0 N–H and O–H groups in total. The molecule has 0 rings (SSSR count). The summed E-state index contributed by atoms with van der Waals surface area (Å²) in [7, 11) is 0. The Hall–Kier alpha value is -3.67. The Labute approximate surface area is 464 Å². The SMILES string of the molecule is CC/C=C\C/C=C\C/C=C\C/C=C\C/C=C\C/C=C\CCC(=O)OC[C@H](COC(=O)CCCCCCCCC/C=C\C/C=C\CCCCC)OC(=O)CCCCCCCCCCCCCCCCCCCCCCC. The molecule has 0 aliphatic rings. The molecule has 0 spiro atoms. The lowest BCUT2D eigenvalue weighted by Gasteiger charge is -2.18. The van der Waals surface area contributed by atoms with Gasteiger partial charge in [0.1, 0.15) is 13.2 Å². The fourth-order valence-corrected chi connectivity index (χ4v) is 8.85. The van der Waals surface area contributed by atoms with E-state index in [2.05, 4.69) is 112 Å². The van der Waals surface area contributed by atoms with Crippen molar-refractivity contribution < 1.29 is 28.6 Å². The monoisotopic (exact) mass is 1040 g/mol. The van der Waals surface area contributed by atoms with Crippen molar-refractivity contribution in [2.75, 3.05) is 13.2 Å².